The van der Waals surface area contributed by atoms with Crippen LogP contribution in [0.1, 0.15) is 52.7 Å². The average molecular weight is 681 g/mol. The molecule has 45 heavy (non-hydrogen) atoms. The molecule has 2 aromatic rings. The predicted octanol–water partition coefficient (Wildman–Crippen LogP) is 6.61. The van der Waals surface area contributed by atoms with E-state index in [1.165, 1.54) is 18.2 Å². The monoisotopic (exact) mass is 680 g/mol. The summed E-state index contributed by atoms with van der Waals surface area (Å²) in [5.74, 6) is 1.05. The van der Waals surface area contributed by atoms with Crippen molar-refractivity contribution >= 4 is 74.1 Å². The van der Waals surface area contributed by atoms with Crippen LogP contribution in [0.3, 0.4) is 0 Å². The summed E-state index contributed by atoms with van der Waals surface area (Å²) in [6.45, 7) is 13.4. The molecule has 2 amide bonds. The zero-order chi connectivity index (χ0) is 33.8. The number of anilines is 1. The molecule has 2 aromatic carbocycles. The van der Waals surface area contributed by atoms with Crippen LogP contribution in [0.5, 0.6) is 0 Å². The molecule has 0 aromatic heterocycles. The Balaban J connectivity index is 0.000000277. The topological polar surface area (TPSA) is 207 Å². The lowest BCUT2D eigenvalue weighted by molar-refractivity contribution is -0.384. The lowest BCUT2D eigenvalue weighted by atomic mass is 10.1. The zero-order valence-corrected chi connectivity index (χ0v) is 28.1. The number of rotatable bonds is 8. The first-order valence-electron chi connectivity index (χ1n) is 13.9. The molecule has 2 atom stereocenters. The zero-order valence-electron chi connectivity index (χ0n) is 25.7. The number of nitro groups is 2. The van der Waals surface area contributed by atoms with E-state index in [2.05, 4.69) is 40.2 Å². The van der Waals surface area contributed by atoms with Crippen LogP contribution in [0, 0.1) is 32.1 Å². The Morgan fingerprint density at radius 2 is 1.31 bits per heavy atom. The highest BCUT2D eigenvalue weighted by atomic mass is 35.5. The predicted molar refractivity (Wildman–Crippen MR) is 183 cm³/mol. The molecule has 4 rings (SSSR count). The van der Waals surface area contributed by atoms with Gasteiger partial charge >= 0.3 is 0 Å². The van der Waals surface area contributed by atoms with E-state index in [1.54, 1.807) is 18.2 Å². The molecule has 2 aliphatic rings. The van der Waals surface area contributed by atoms with Gasteiger partial charge in [0.1, 0.15) is 10.7 Å². The highest BCUT2D eigenvalue weighted by molar-refractivity contribution is 8.15. The Bertz CT molecular complexity index is 1470. The molecule has 0 bridgehead atoms. The minimum absolute atomic E-state index is 0.00921. The Hall–Kier alpha value is -3.73. The van der Waals surface area contributed by atoms with Crippen LogP contribution < -0.4 is 21.9 Å². The summed E-state index contributed by atoms with van der Waals surface area (Å²) in [7, 11) is 0. The number of nitrogens with zero attached hydrogens (tertiary/aromatic N) is 4. The Kier molecular flexibility index (Phi) is 14.7. The molecule has 0 radical (unpaired) electrons. The smallest absolute Gasteiger partial charge is 0.299 e. The number of carbonyl (C=O) groups is 2. The Labute approximate surface area is 274 Å². The van der Waals surface area contributed by atoms with E-state index in [1.807, 2.05) is 27.7 Å². The summed E-state index contributed by atoms with van der Waals surface area (Å²) in [5, 5.41) is 32.4. The third kappa shape index (κ3) is 11.6. The van der Waals surface area contributed by atoms with Crippen molar-refractivity contribution in [2.45, 2.75) is 52.0 Å². The molecular formula is C28H37ClN8O6S2. The number of amides is 2. The van der Waals surface area contributed by atoms with E-state index in [0.717, 1.165) is 30.1 Å². The molecule has 0 aliphatic carbocycles. The largest absolute Gasteiger partial charge is 0.379 e. The van der Waals surface area contributed by atoms with Crippen LogP contribution >= 0.6 is 35.1 Å². The highest BCUT2D eigenvalue weighted by Gasteiger charge is 2.26. The van der Waals surface area contributed by atoms with Gasteiger partial charge in [-0.3, -0.25) is 29.8 Å². The van der Waals surface area contributed by atoms with Gasteiger partial charge in [0, 0.05) is 29.8 Å². The lowest BCUT2D eigenvalue weighted by Gasteiger charge is -2.18. The number of carbonyl (C=O) groups excluding carboxylic acids is 2. The van der Waals surface area contributed by atoms with Crippen molar-refractivity contribution in [3.05, 3.63) is 72.8 Å². The summed E-state index contributed by atoms with van der Waals surface area (Å²) in [4.78, 5) is 43.5. The van der Waals surface area contributed by atoms with Crippen LogP contribution in [0.25, 0.3) is 0 Å². The van der Waals surface area contributed by atoms with Crippen molar-refractivity contribution in [3.63, 3.8) is 0 Å². The number of hydrogen-bond donors (Lipinski definition) is 4. The van der Waals surface area contributed by atoms with E-state index in [9.17, 15) is 29.8 Å². The third-order valence-corrected chi connectivity index (χ3v) is 8.06. The fourth-order valence-electron chi connectivity index (χ4n) is 3.60. The molecule has 5 N–H and O–H groups in total. The van der Waals surface area contributed by atoms with Crippen molar-refractivity contribution in [2.75, 3.05) is 18.4 Å². The average Bonchev–Trinajstić information content (AvgIpc) is 2.97. The fourth-order valence-corrected chi connectivity index (χ4v) is 5.22. The Morgan fingerprint density at radius 3 is 1.71 bits per heavy atom. The van der Waals surface area contributed by atoms with Crippen LogP contribution in [0.2, 0.25) is 5.02 Å². The van der Waals surface area contributed by atoms with E-state index in [4.69, 9.17) is 17.3 Å². The second-order valence-corrected chi connectivity index (χ2v) is 13.7. The summed E-state index contributed by atoms with van der Waals surface area (Å²) in [6.07, 6.45) is 0. The number of nitrogens with two attached hydrogens (primary N) is 1. The molecule has 2 heterocycles. The number of thioether (sulfide) groups is 2. The second kappa shape index (κ2) is 17.7. The standard InChI is InChI=1S/C14H18N4O3S.C10H8ClN3O3S.C4H11N/c1-8(2)7-15-11-5-4-10(6-12(11)18(20)21)13-9(3)22-14(19)17-16-13;1-5-9(12-13-10(15)18-5)6-2-3-7(11)8(4-6)14(16)17;1-4(2)3-5/h4-6,8-9,15H,7H2,1-3H3,(H,17,19);2-5H,1H3,(H,13,15);4H,3,5H2,1-2H3. The second-order valence-electron chi connectivity index (χ2n) is 10.6. The normalized spacial score (nSPS) is 17.5. The molecule has 2 aliphatic heterocycles. The number of halogens is 1. The van der Waals surface area contributed by atoms with Gasteiger partial charge < -0.3 is 11.1 Å². The molecular weight excluding hydrogens is 644 g/mol. The molecule has 0 spiro atoms. The van der Waals surface area contributed by atoms with Crippen molar-refractivity contribution in [1.82, 2.24) is 10.9 Å². The van der Waals surface area contributed by atoms with Crippen LogP contribution in [-0.4, -0.2) is 55.3 Å². The lowest BCUT2D eigenvalue weighted by Crippen LogP contribution is -2.29. The maximum atomic E-state index is 11.3. The van der Waals surface area contributed by atoms with Crippen LogP contribution in [0.4, 0.5) is 26.7 Å². The molecule has 17 heteroatoms. The SMILES string of the molecule is CC(C)CN.CC(C)CNc1ccc(C2=NNC(=O)SC2C)cc1[N+](=O)[O-].CC1SC(=O)NN=C1c1ccc(Cl)c([N+](=O)[O-])c1. The van der Waals surface area contributed by atoms with E-state index < -0.39 is 9.85 Å². The van der Waals surface area contributed by atoms with Gasteiger partial charge in [-0.25, -0.2) is 10.9 Å². The minimum atomic E-state index is -0.550. The number of nitro benzene ring substituents is 2. The first-order chi connectivity index (χ1) is 21.1. The minimum Gasteiger partial charge on any atom is -0.379 e. The van der Waals surface area contributed by atoms with Gasteiger partial charge in [0.15, 0.2) is 0 Å². The quantitative estimate of drug-likeness (QED) is 0.173. The first-order valence-corrected chi connectivity index (χ1v) is 16.0. The molecule has 0 saturated carbocycles. The van der Waals surface area contributed by atoms with Gasteiger partial charge in [-0.15, -0.1) is 0 Å². The van der Waals surface area contributed by atoms with Gasteiger partial charge in [-0.1, -0.05) is 75.0 Å². The van der Waals surface area contributed by atoms with Gasteiger partial charge in [0.05, 0.1) is 31.8 Å². The van der Waals surface area contributed by atoms with E-state index in [-0.39, 0.29) is 37.4 Å². The molecule has 244 valence electrons. The maximum absolute atomic E-state index is 11.3. The van der Waals surface area contributed by atoms with E-state index in [0.29, 0.717) is 46.6 Å². The van der Waals surface area contributed by atoms with E-state index >= 15 is 0 Å². The van der Waals surface area contributed by atoms with Crippen molar-refractivity contribution in [3.8, 4) is 0 Å². The molecule has 0 fully saturated rings. The van der Waals surface area contributed by atoms with Gasteiger partial charge in [0.25, 0.3) is 21.9 Å². The maximum Gasteiger partial charge on any atom is 0.299 e. The number of nitrogens with one attached hydrogen (secondary N) is 3. The number of hydrazone groups is 2. The summed E-state index contributed by atoms with van der Waals surface area (Å²) in [6, 6.07) is 9.41. The van der Waals surface area contributed by atoms with Crippen molar-refractivity contribution in [1.29, 1.82) is 0 Å². The highest BCUT2D eigenvalue weighted by Crippen LogP contribution is 2.30. The summed E-state index contributed by atoms with van der Waals surface area (Å²) in [5.41, 5.74) is 12.6. The summed E-state index contributed by atoms with van der Waals surface area (Å²) >= 11 is 7.92. The molecule has 14 nitrogen and oxygen atoms in total. The van der Waals surface area contributed by atoms with Crippen LogP contribution in [-0.2, 0) is 0 Å². The van der Waals surface area contributed by atoms with Gasteiger partial charge in [-0.2, -0.15) is 10.2 Å². The van der Waals surface area contributed by atoms with Gasteiger partial charge in [-0.05, 0) is 44.4 Å². The summed E-state index contributed by atoms with van der Waals surface area (Å²) < 4.78 is 0. The molecule has 2 unspecified atom stereocenters. The number of hydrogen-bond acceptors (Lipinski definition) is 12. The van der Waals surface area contributed by atoms with Crippen molar-refractivity contribution < 1.29 is 19.4 Å². The third-order valence-electron chi connectivity index (χ3n) is 5.97. The number of benzene rings is 2. The first kappa shape index (κ1) is 37.5. The van der Waals surface area contributed by atoms with Crippen LogP contribution in [0.15, 0.2) is 46.6 Å². The van der Waals surface area contributed by atoms with Gasteiger partial charge in [0.2, 0.25) is 0 Å². The fraction of sp³-hybridized carbons (Fsp3) is 0.429. The van der Waals surface area contributed by atoms with Crippen molar-refractivity contribution in [2.24, 2.45) is 27.8 Å². The molecule has 0 saturated heterocycles. The Morgan fingerprint density at radius 1 is 0.867 bits per heavy atom.